The van der Waals surface area contributed by atoms with E-state index in [2.05, 4.69) is 26.0 Å². The van der Waals surface area contributed by atoms with Crippen LogP contribution in [-0.4, -0.2) is 70.0 Å². The summed E-state index contributed by atoms with van der Waals surface area (Å²) in [7, 11) is 1.17. The van der Waals surface area contributed by atoms with Crippen molar-refractivity contribution in [2.45, 2.75) is 200 Å². The molecule has 0 aliphatic carbocycles. The van der Waals surface area contributed by atoms with Gasteiger partial charge in [0.2, 0.25) is 0 Å². The molecular weight excluding hydrogens is 677 g/mol. The highest BCUT2D eigenvalue weighted by atomic mass is 31.2. The average molecular weight is 760 g/mol. The predicted octanol–water partition coefficient (Wildman–Crippen LogP) is 11.2. The largest absolute Gasteiger partial charge is 0.756 e. The molecule has 0 aliphatic heterocycles. The van der Waals surface area contributed by atoms with Crippen LogP contribution in [0.3, 0.4) is 0 Å². The second-order valence-corrected chi connectivity index (χ2v) is 17.1. The first-order valence-electron chi connectivity index (χ1n) is 21.4. The maximum absolute atomic E-state index is 12.6. The molecule has 0 heterocycles. The van der Waals surface area contributed by atoms with Crippen LogP contribution < -0.4 is 4.89 Å². The summed E-state index contributed by atoms with van der Waals surface area (Å²) < 4.78 is 33.8. The Bertz CT molecular complexity index is 907. The molecule has 308 valence electrons. The molecule has 0 bridgehead atoms. The summed E-state index contributed by atoms with van der Waals surface area (Å²) in [4.78, 5) is 37.4. The molecule has 9 nitrogen and oxygen atoms in total. The van der Waals surface area contributed by atoms with Gasteiger partial charge in [0.05, 0.1) is 27.7 Å². The number of quaternary nitrogens is 1. The Morgan fingerprint density at radius 2 is 0.981 bits per heavy atom. The highest BCUT2D eigenvalue weighted by Crippen LogP contribution is 2.38. The Labute approximate surface area is 320 Å². The number of nitrogens with zero attached hydrogens (tertiary/aromatic N) is 1. The van der Waals surface area contributed by atoms with Crippen LogP contribution in [0.4, 0.5) is 0 Å². The van der Waals surface area contributed by atoms with E-state index < -0.39 is 26.5 Å². The number of carbonyl (C=O) groups is 2. The highest BCUT2D eigenvalue weighted by molar-refractivity contribution is 7.45. The lowest BCUT2D eigenvalue weighted by atomic mass is 10.0. The molecule has 0 spiro atoms. The lowest BCUT2D eigenvalue weighted by Gasteiger charge is -2.28. The Balaban J connectivity index is 4.38. The molecule has 0 aliphatic rings. The monoisotopic (exact) mass is 760 g/mol. The number of allylic oxidation sites excluding steroid dienone is 2. The molecule has 0 aromatic carbocycles. The molecular formula is C42H82NO8P. The van der Waals surface area contributed by atoms with E-state index in [-0.39, 0.29) is 32.0 Å². The van der Waals surface area contributed by atoms with Crippen LogP contribution in [0, 0.1) is 0 Å². The quantitative estimate of drug-likeness (QED) is 0.0200. The fraction of sp³-hybridized carbons (Fsp3) is 0.905. The van der Waals surface area contributed by atoms with Gasteiger partial charge in [0, 0.05) is 12.8 Å². The van der Waals surface area contributed by atoms with E-state index in [1.165, 1.54) is 109 Å². The molecule has 0 aromatic heterocycles. The smallest absolute Gasteiger partial charge is 0.306 e. The maximum Gasteiger partial charge on any atom is 0.306 e. The molecule has 10 heteroatoms. The van der Waals surface area contributed by atoms with Crippen LogP contribution in [-0.2, 0) is 32.7 Å². The van der Waals surface area contributed by atoms with Crippen LogP contribution in [0.2, 0.25) is 0 Å². The number of likely N-dealkylation sites (N-methyl/N-ethyl adjacent to an activating group) is 1. The zero-order chi connectivity index (χ0) is 38.6. The summed E-state index contributed by atoms with van der Waals surface area (Å²) >= 11 is 0. The first-order valence-corrected chi connectivity index (χ1v) is 22.9. The SMILES string of the molecule is CCCCCCCCC/C=C\CCCCCCC(=O)O[C@H](COC(=O)CCCCCCCCCCCCCCC)COP(=O)([O-])OCC[N+](C)(C)C. The fourth-order valence-electron chi connectivity index (χ4n) is 5.88. The molecule has 2 atom stereocenters. The number of phosphoric acid groups is 1. The lowest BCUT2D eigenvalue weighted by molar-refractivity contribution is -0.870. The third-order valence-corrected chi connectivity index (χ3v) is 10.2. The van der Waals surface area contributed by atoms with Crippen molar-refractivity contribution in [1.82, 2.24) is 0 Å². The number of hydrogen-bond acceptors (Lipinski definition) is 8. The van der Waals surface area contributed by atoms with E-state index >= 15 is 0 Å². The van der Waals surface area contributed by atoms with Crippen molar-refractivity contribution in [2.24, 2.45) is 0 Å². The van der Waals surface area contributed by atoms with Crippen LogP contribution in [0.1, 0.15) is 194 Å². The summed E-state index contributed by atoms with van der Waals surface area (Å²) in [5, 5.41) is 0. The van der Waals surface area contributed by atoms with Crippen LogP contribution in [0.15, 0.2) is 12.2 Å². The fourth-order valence-corrected chi connectivity index (χ4v) is 6.61. The molecule has 0 saturated heterocycles. The van der Waals surface area contributed by atoms with Crippen molar-refractivity contribution in [1.29, 1.82) is 0 Å². The minimum Gasteiger partial charge on any atom is -0.756 e. The van der Waals surface area contributed by atoms with Gasteiger partial charge in [-0.2, -0.15) is 0 Å². The zero-order valence-electron chi connectivity index (χ0n) is 34.5. The van der Waals surface area contributed by atoms with Crippen molar-refractivity contribution in [3.05, 3.63) is 12.2 Å². The number of rotatable bonds is 39. The van der Waals surface area contributed by atoms with Gasteiger partial charge in [0.15, 0.2) is 6.10 Å². The first-order chi connectivity index (χ1) is 25.0. The van der Waals surface area contributed by atoms with Gasteiger partial charge < -0.3 is 27.9 Å². The number of esters is 2. The van der Waals surface area contributed by atoms with Gasteiger partial charge >= 0.3 is 11.9 Å². The number of unbranched alkanes of at least 4 members (excludes halogenated alkanes) is 23. The van der Waals surface area contributed by atoms with Crippen LogP contribution in [0.25, 0.3) is 0 Å². The maximum atomic E-state index is 12.6. The van der Waals surface area contributed by atoms with Crippen molar-refractivity contribution in [2.75, 3.05) is 47.5 Å². The van der Waals surface area contributed by atoms with Gasteiger partial charge in [-0.05, 0) is 38.5 Å². The van der Waals surface area contributed by atoms with E-state index in [4.69, 9.17) is 18.5 Å². The standard InChI is InChI=1S/C42H82NO8P/c1-6-8-10-12-14-16-18-20-21-23-25-27-29-31-33-35-42(45)51-40(39-50-52(46,47)49-37-36-43(3,4)5)38-48-41(44)34-32-30-28-26-24-22-19-17-15-13-11-9-7-2/h21,23,40H,6-20,22,24-39H2,1-5H3/b23-21-/t40-/m1/s1. The third kappa shape index (κ3) is 38.5. The summed E-state index contributed by atoms with van der Waals surface area (Å²) in [5.74, 6) is -0.840. The van der Waals surface area contributed by atoms with E-state index in [1.807, 2.05) is 21.1 Å². The third-order valence-electron chi connectivity index (χ3n) is 9.29. The van der Waals surface area contributed by atoms with Crippen molar-refractivity contribution >= 4 is 19.8 Å². The van der Waals surface area contributed by atoms with Crippen LogP contribution >= 0.6 is 7.82 Å². The zero-order valence-corrected chi connectivity index (χ0v) is 35.4. The number of hydrogen-bond donors (Lipinski definition) is 0. The summed E-state index contributed by atoms with van der Waals surface area (Å²) in [6, 6.07) is 0. The van der Waals surface area contributed by atoms with Gasteiger partial charge in [0.1, 0.15) is 19.8 Å². The minimum absolute atomic E-state index is 0.0299. The van der Waals surface area contributed by atoms with E-state index in [0.717, 1.165) is 51.4 Å². The molecule has 0 rings (SSSR count). The molecule has 0 saturated carbocycles. The Morgan fingerprint density at radius 3 is 1.42 bits per heavy atom. The van der Waals surface area contributed by atoms with Gasteiger partial charge in [-0.25, -0.2) is 0 Å². The van der Waals surface area contributed by atoms with Gasteiger partial charge in [-0.3, -0.25) is 14.2 Å². The summed E-state index contributed by atoms with van der Waals surface area (Å²) in [5.41, 5.74) is 0. The van der Waals surface area contributed by atoms with Crippen LogP contribution in [0.5, 0.6) is 0 Å². The van der Waals surface area contributed by atoms with Crippen molar-refractivity contribution < 1.29 is 42.1 Å². The second-order valence-electron chi connectivity index (χ2n) is 15.7. The number of carbonyl (C=O) groups excluding carboxylic acids is 2. The van der Waals surface area contributed by atoms with E-state index in [9.17, 15) is 19.0 Å². The molecule has 52 heavy (non-hydrogen) atoms. The van der Waals surface area contributed by atoms with E-state index in [0.29, 0.717) is 17.4 Å². The topological polar surface area (TPSA) is 111 Å². The number of phosphoric ester groups is 1. The summed E-state index contributed by atoms with van der Waals surface area (Å²) in [6.45, 7) is 4.22. The van der Waals surface area contributed by atoms with Gasteiger partial charge in [-0.15, -0.1) is 0 Å². The molecule has 0 N–H and O–H groups in total. The summed E-state index contributed by atoms with van der Waals surface area (Å²) in [6.07, 6.45) is 35.2. The Kier molecular flexibility index (Phi) is 34.6. The lowest BCUT2D eigenvalue weighted by Crippen LogP contribution is -2.37. The average Bonchev–Trinajstić information content (AvgIpc) is 3.09. The Hall–Kier alpha value is -1.25. The molecule has 0 radical (unpaired) electrons. The number of ether oxygens (including phenoxy) is 2. The van der Waals surface area contributed by atoms with Crippen molar-refractivity contribution in [3.63, 3.8) is 0 Å². The van der Waals surface area contributed by atoms with E-state index in [1.54, 1.807) is 0 Å². The normalized spacial score (nSPS) is 13.7. The van der Waals surface area contributed by atoms with Gasteiger partial charge in [-0.1, -0.05) is 154 Å². The molecule has 0 aromatic rings. The molecule has 0 fully saturated rings. The predicted molar refractivity (Wildman–Crippen MR) is 213 cm³/mol. The highest BCUT2D eigenvalue weighted by Gasteiger charge is 2.21. The second kappa shape index (κ2) is 35.5. The molecule has 0 amide bonds. The molecule has 1 unspecified atom stereocenters. The van der Waals surface area contributed by atoms with Gasteiger partial charge in [0.25, 0.3) is 7.82 Å². The minimum atomic E-state index is -4.62. The first kappa shape index (κ1) is 50.8. The van der Waals surface area contributed by atoms with Crippen molar-refractivity contribution in [3.8, 4) is 0 Å². The Morgan fingerprint density at radius 1 is 0.577 bits per heavy atom.